The second kappa shape index (κ2) is 3.90. The van der Waals surface area contributed by atoms with Gasteiger partial charge in [-0.25, -0.2) is 0 Å². The molecule has 0 saturated carbocycles. The average Bonchev–Trinajstić information content (AvgIpc) is 2.01. The minimum Gasteiger partial charge on any atom is -0.393 e. The van der Waals surface area contributed by atoms with Crippen LogP contribution in [0.5, 0.6) is 0 Å². The van der Waals surface area contributed by atoms with Crippen LogP contribution in [0.3, 0.4) is 0 Å². The van der Waals surface area contributed by atoms with E-state index in [1.165, 1.54) is 0 Å². The summed E-state index contributed by atoms with van der Waals surface area (Å²) in [6.45, 7) is 3.27. The van der Waals surface area contributed by atoms with E-state index < -0.39 is 11.9 Å². The van der Waals surface area contributed by atoms with Crippen molar-refractivity contribution in [2.75, 3.05) is 0 Å². The fourth-order valence-electron chi connectivity index (χ4n) is 0.916. The van der Waals surface area contributed by atoms with Crippen LogP contribution in [0.2, 0.25) is 0 Å². The van der Waals surface area contributed by atoms with E-state index in [1.54, 1.807) is 0 Å². The minimum absolute atomic E-state index is 0.216. The summed E-state index contributed by atoms with van der Waals surface area (Å²) in [5.41, 5.74) is 0. The zero-order valence-electron chi connectivity index (χ0n) is 6.67. The second-order valence-corrected chi connectivity index (χ2v) is 2.53. The lowest BCUT2D eigenvalue weighted by Gasteiger charge is -2.03. The number of esters is 2. The molecule has 0 aromatic heterocycles. The van der Waals surface area contributed by atoms with Crippen molar-refractivity contribution in [1.29, 1.82) is 0 Å². The molecule has 4 nitrogen and oxygen atoms in total. The van der Waals surface area contributed by atoms with Crippen LogP contribution in [0.25, 0.3) is 0 Å². The van der Waals surface area contributed by atoms with Crippen molar-refractivity contribution < 1.29 is 19.1 Å². The molecule has 1 fully saturated rings. The molecular formula is C8H10O4. The van der Waals surface area contributed by atoms with Crippen molar-refractivity contribution in [3.63, 3.8) is 0 Å². The minimum atomic E-state index is -0.394. The molecule has 0 bridgehead atoms. The predicted octanol–water partition coefficient (Wildman–Crippen LogP) is 1.12. The highest BCUT2D eigenvalue weighted by molar-refractivity contribution is 5.73. The molecule has 0 N–H and O–H groups in total. The topological polar surface area (TPSA) is 52.6 Å². The van der Waals surface area contributed by atoms with Gasteiger partial charge < -0.3 is 9.47 Å². The molecule has 0 aromatic rings. The fraction of sp³-hybridized carbons (Fsp3) is 0.500. The maximum Gasteiger partial charge on any atom is 0.313 e. The summed E-state index contributed by atoms with van der Waals surface area (Å²) in [4.78, 5) is 21.7. The van der Waals surface area contributed by atoms with Gasteiger partial charge >= 0.3 is 11.9 Å². The van der Waals surface area contributed by atoms with Gasteiger partial charge in [0.15, 0.2) is 0 Å². The Hall–Kier alpha value is -1.32. The average molecular weight is 170 g/mol. The lowest BCUT2D eigenvalue weighted by Crippen LogP contribution is -2.07. The molecule has 12 heavy (non-hydrogen) atoms. The molecule has 0 unspecified atom stereocenters. The zero-order chi connectivity index (χ0) is 8.97. The quantitative estimate of drug-likeness (QED) is 0.511. The summed E-state index contributed by atoms with van der Waals surface area (Å²) in [5, 5.41) is 0. The maximum absolute atomic E-state index is 10.8. The predicted molar refractivity (Wildman–Crippen MR) is 39.8 cm³/mol. The molecule has 0 spiro atoms. The Morgan fingerprint density at radius 1 is 1.00 bits per heavy atom. The zero-order valence-corrected chi connectivity index (χ0v) is 6.67. The van der Waals surface area contributed by atoms with Gasteiger partial charge in [-0.1, -0.05) is 0 Å². The summed E-state index contributed by atoms with van der Waals surface area (Å²) < 4.78 is 9.13. The van der Waals surface area contributed by atoms with E-state index in [1.807, 2.05) is 0 Å². The first-order valence-corrected chi connectivity index (χ1v) is 3.79. The first kappa shape index (κ1) is 8.77. The number of carbonyl (C=O) groups is 2. The van der Waals surface area contributed by atoms with Crippen molar-refractivity contribution in [1.82, 2.24) is 0 Å². The van der Waals surface area contributed by atoms with Crippen LogP contribution >= 0.6 is 0 Å². The van der Waals surface area contributed by atoms with Crippen LogP contribution in [0.4, 0.5) is 0 Å². The Bertz CT molecular complexity index is 197. The third-order valence-electron chi connectivity index (χ3n) is 1.47. The monoisotopic (exact) mass is 170 g/mol. The summed E-state index contributed by atoms with van der Waals surface area (Å²) in [5.74, 6) is -1.00. The van der Waals surface area contributed by atoms with E-state index in [4.69, 9.17) is 0 Å². The number of cyclic esters (lactones) is 2. The van der Waals surface area contributed by atoms with Gasteiger partial charge in [-0.05, 0) is 19.4 Å². The van der Waals surface area contributed by atoms with Gasteiger partial charge in [0.2, 0.25) is 0 Å². The molecule has 0 radical (unpaired) electrons. The summed E-state index contributed by atoms with van der Waals surface area (Å²) >= 11 is 0. The number of rotatable bonds is 0. The molecule has 66 valence electrons. The molecule has 1 aliphatic rings. The Morgan fingerprint density at radius 2 is 1.42 bits per heavy atom. The summed E-state index contributed by atoms with van der Waals surface area (Å²) in [6, 6.07) is 0. The largest absolute Gasteiger partial charge is 0.393 e. The summed E-state index contributed by atoms with van der Waals surface area (Å²) in [7, 11) is 0. The van der Waals surface area contributed by atoms with Crippen LogP contribution in [-0.2, 0) is 19.1 Å². The third-order valence-corrected chi connectivity index (χ3v) is 1.47. The van der Waals surface area contributed by atoms with Crippen molar-refractivity contribution >= 4 is 11.9 Å². The van der Waals surface area contributed by atoms with Gasteiger partial charge in [0.05, 0.1) is 0 Å². The van der Waals surface area contributed by atoms with Crippen molar-refractivity contribution in [3.05, 3.63) is 12.5 Å². The highest BCUT2D eigenvalue weighted by atomic mass is 16.7. The lowest BCUT2D eigenvalue weighted by atomic mass is 10.2. The third kappa shape index (κ3) is 2.74. The van der Waals surface area contributed by atoms with Crippen LogP contribution in [0.1, 0.15) is 25.7 Å². The SMILES string of the molecule is C=C1OC(=O)CCCCC(=O)O1. The van der Waals surface area contributed by atoms with Gasteiger partial charge in [-0.3, -0.25) is 9.59 Å². The van der Waals surface area contributed by atoms with Gasteiger partial charge in [0.25, 0.3) is 5.95 Å². The molecular weight excluding hydrogens is 160 g/mol. The van der Waals surface area contributed by atoms with Crippen molar-refractivity contribution in [2.45, 2.75) is 25.7 Å². The number of ether oxygens (including phenoxy) is 2. The van der Waals surface area contributed by atoms with E-state index >= 15 is 0 Å². The van der Waals surface area contributed by atoms with Gasteiger partial charge in [0, 0.05) is 12.8 Å². The van der Waals surface area contributed by atoms with E-state index in [-0.39, 0.29) is 5.95 Å². The standard InChI is InChI=1S/C8H10O4/c1-6-11-7(9)4-2-3-5-8(10)12-6/h1-5H2. The smallest absolute Gasteiger partial charge is 0.313 e. The Kier molecular flexibility index (Phi) is 2.85. The van der Waals surface area contributed by atoms with E-state index in [2.05, 4.69) is 16.1 Å². The first-order valence-electron chi connectivity index (χ1n) is 3.79. The summed E-state index contributed by atoms with van der Waals surface area (Å²) in [6.07, 6.45) is 1.94. The van der Waals surface area contributed by atoms with Gasteiger partial charge in [-0.2, -0.15) is 0 Å². The van der Waals surface area contributed by atoms with Crippen molar-refractivity contribution in [2.24, 2.45) is 0 Å². The Labute approximate surface area is 70.1 Å². The first-order chi connectivity index (χ1) is 5.68. The molecule has 4 heteroatoms. The molecule has 0 aromatic carbocycles. The van der Waals surface area contributed by atoms with E-state index in [0.29, 0.717) is 25.7 Å². The number of carbonyl (C=O) groups excluding carboxylic acids is 2. The fourth-order valence-corrected chi connectivity index (χ4v) is 0.916. The van der Waals surface area contributed by atoms with Crippen molar-refractivity contribution in [3.8, 4) is 0 Å². The molecule has 0 aliphatic carbocycles. The highest BCUT2D eigenvalue weighted by Crippen LogP contribution is 2.10. The van der Waals surface area contributed by atoms with E-state index in [9.17, 15) is 9.59 Å². The maximum atomic E-state index is 10.8. The lowest BCUT2D eigenvalue weighted by molar-refractivity contribution is -0.152. The molecule has 1 heterocycles. The number of hydrogen-bond donors (Lipinski definition) is 0. The normalized spacial score (nSPS) is 20.2. The van der Waals surface area contributed by atoms with Crippen LogP contribution in [-0.4, -0.2) is 11.9 Å². The Morgan fingerprint density at radius 3 is 1.83 bits per heavy atom. The second-order valence-electron chi connectivity index (χ2n) is 2.53. The Balaban J connectivity index is 2.54. The van der Waals surface area contributed by atoms with Crippen LogP contribution in [0, 0.1) is 0 Å². The van der Waals surface area contributed by atoms with Gasteiger partial charge in [-0.15, -0.1) is 0 Å². The van der Waals surface area contributed by atoms with Crippen LogP contribution in [0.15, 0.2) is 12.5 Å². The van der Waals surface area contributed by atoms with Crippen LogP contribution < -0.4 is 0 Å². The van der Waals surface area contributed by atoms with Gasteiger partial charge in [0.1, 0.15) is 0 Å². The molecule has 1 aliphatic heterocycles. The number of hydrogen-bond acceptors (Lipinski definition) is 4. The molecule has 1 saturated heterocycles. The molecule has 0 amide bonds. The molecule has 1 rings (SSSR count). The van der Waals surface area contributed by atoms with E-state index in [0.717, 1.165) is 0 Å². The molecule has 0 atom stereocenters. The highest BCUT2D eigenvalue weighted by Gasteiger charge is 2.13.